The molecule has 1 unspecified atom stereocenters. The van der Waals surface area contributed by atoms with Crippen molar-refractivity contribution in [1.29, 1.82) is 0 Å². The predicted octanol–water partition coefficient (Wildman–Crippen LogP) is 4.37. The minimum absolute atomic E-state index is 0.00410. The molecule has 2 bridgehead atoms. The number of carbonyl (C=O) groups excluding carboxylic acids is 3. The van der Waals surface area contributed by atoms with E-state index in [1.54, 1.807) is 52.0 Å². The molecule has 2 aliphatic rings. The SMILES string of the molecule is CCOC(=O)CCCCOc1ccc(C[C@H](NS(=O)(=O)C[C@]23CCC(CC2=O)C3(C)C)C(=O)OC(C)(C)C)cc1. The van der Waals surface area contributed by atoms with E-state index in [9.17, 15) is 22.8 Å². The topological polar surface area (TPSA) is 125 Å². The van der Waals surface area contributed by atoms with Gasteiger partial charge in [-0.3, -0.25) is 14.4 Å². The van der Waals surface area contributed by atoms with Crippen LogP contribution in [0.1, 0.15) is 85.6 Å². The molecule has 0 aromatic heterocycles. The number of benzene rings is 1. The number of Topliss-reactive ketones (excluding diaryl/α,β-unsaturated/α-hetero) is 1. The van der Waals surface area contributed by atoms with Crippen LogP contribution in [-0.2, 0) is 40.3 Å². The maximum absolute atomic E-state index is 13.5. The van der Waals surface area contributed by atoms with Crippen LogP contribution < -0.4 is 9.46 Å². The van der Waals surface area contributed by atoms with Crippen molar-refractivity contribution in [2.75, 3.05) is 19.0 Å². The molecule has 9 nitrogen and oxygen atoms in total. The average molecular weight is 580 g/mol. The summed E-state index contributed by atoms with van der Waals surface area (Å²) in [6.45, 7) is 11.7. The number of hydrogen-bond acceptors (Lipinski definition) is 8. The Kier molecular flexibility index (Phi) is 10.1. The summed E-state index contributed by atoms with van der Waals surface area (Å²) in [6, 6.07) is 5.94. The van der Waals surface area contributed by atoms with Gasteiger partial charge < -0.3 is 14.2 Å². The van der Waals surface area contributed by atoms with E-state index < -0.39 is 38.5 Å². The summed E-state index contributed by atoms with van der Waals surface area (Å²) in [6.07, 6.45) is 3.60. The number of nitrogens with one attached hydrogen (secondary N) is 1. The first-order valence-corrected chi connectivity index (χ1v) is 15.9. The number of rotatable bonds is 14. The van der Waals surface area contributed by atoms with Gasteiger partial charge in [0.05, 0.1) is 19.0 Å². The van der Waals surface area contributed by atoms with Crippen LogP contribution in [-0.4, -0.2) is 56.7 Å². The predicted molar refractivity (Wildman–Crippen MR) is 151 cm³/mol. The van der Waals surface area contributed by atoms with E-state index in [1.807, 2.05) is 13.8 Å². The number of esters is 2. The standard InChI is InChI=1S/C30H45NO8S/c1-7-37-26(33)10-8-9-17-38-23-13-11-21(12-14-23)18-24(27(34)39-28(2,3)4)31-40(35,36)20-30-16-15-22(19-25(30)32)29(30,5)6/h11-14,22,24,31H,7-10,15-20H2,1-6H3/t22?,24-,30+/m0/s1. The van der Waals surface area contributed by atoms with Gasteiger partial charge in [0.15, 0.2) is 0 Å². The highest BCUT2D eigenvalue weighted by Crippen LogP contribution is 2.64. The van der Waals surface area contributed by atoms with Crippen LogP contribution in [0.25, 0.3) is 0 Å². The molecular weight excluding hydrogens is 534 g/mol. The van der Waals surface area contributed by atoms with E-state index in [4.69, 9.17) is 14.2 Å². The molecule has 1 aromatic carbocycles. The summed E-state index contributed by atoms with van der Waals surface area (Å²) in [5.41, 5.74) is -1.41. The zero-order chi connectivity index (χ0) is 29.8. The molecule has 0 saturated heterocycles. The Morgan fingerprint density at radius 3 is 2.35 bits per heavy atom. The summed E-state index contributed by atoms with van der Waals surface area (Å²) in [7, 11) is -4.00. The number of ketones is 1. The number of unbranched alkanes of at least 4 members (excludes halogenated alkanes) is 1. The fourth-order valence-corrected chi connectivity index (χ4v) is 8.01. The third-order valence-electron chi connectivity index (χ3n) is 8.30. The average Bonchev–Trinajstić information content (AvgIpc) is 3.17. The largest absolute Gasteiger partial charge is 0.494 e. The number of fused-ring (bicyclic) bond motifs is 2. The molecule has 1 N–H and O–H groups in total. The normalized spacial score (nSPS) is 22.6. The number of carbonyl (C=O) groups is 3. The van der Waals surface area contributed by atoms with Crippen molar-refractivity contribution in [3.05, 3.63) is 29.8 Å². The maximum atomic E-state index is 13.5. The summed E-state index contributed by atoms with van der Waals surface area (Å²) in [5.74, 6) is -0.389. The fourth-order valence-electron chi connectivity index (χ4n) is 5.99. The first-order chi connectivity index (χ1) is 18.6. The Morgan fingerprint density at radius 1 is 1.12 bits per heavy atom. The molecule has 0 aliphatic heterocycles. The van der Waals surface area contributed by atoms with Crippen molar-refractivity contribution in [2.45, 2.75) is 98.1 Å². The van der Waals surface area contributed by atoms with Crippen molar-refractivity contribution in [3.63, 3.8) is 0 Å². The van der Waals surface area contributed by atoms with E-state index in [2.05, 4.69) is 4.72 Å². The van der Waals surface area contributed by atoms with Gasteiger partial charge in [-0.15, -0.1) is 0 Å². The van der Waals surface area contributed by atoms with Crippen LogP contribution >= 0.6 is 0 Å². The number of hydrogen-bond donors (Lipinski definition) is 1. The lowest BCUT2D eigenvalue weighted by molar-refractivity contribution is -0.157. The van der Waals surface area contributed by atoms with Crippen LogP contribution in [0.2, 0.25) is 0 Å². The quantitative estimate of drug-likeness (QED) is 0.255. The molecule has 2 saturated carbocycles. The molecule has 0 heterocycles. The van der Waals surface area contributed by atoms with E-state index in [0.717, 1.165) is 12.0 Å². The second-order valence-electron chi connectivity index (χ2n) is 12.6. The smallest absolute Gasteiger partial charge is 0.325 e. The van der Waals surface area contributed by atoms with Gasteiger partial charge in [-0.1, -0.05) is 26.0 Å². The van der Waals surface area contributed by atoms with Crippen molar-refractivity contribution in [3.8, 4) is 5.75 Å². The molecule has 10 heteroatoms. The first-order valence-electron chi connectivity index (χ1n) is 14.2. The van der Waals surface area contributed by atoms with Gasteiger partial charge in [-0.2, -0.15) is 0 Å². The lowest BCUT2D eigenvalue weighted by atomic mass is 9.70. The van der Waals surface area contributed by atoms with Crippen molar-refractivity contribution < 1.29 is 37.0 Å². The zero-order valence-corrected chi connectivity index (χ0v) is 25.5. The Hall–Kier alpha value is -2.46. The Morgan fingerprint density at radius 2 is 1.80 bits per heavy atom. The van der Waals surface area contributed by atoms with Crippen LogP contribution in [0.5, 0.6) is 5.75 Å². The molecule has 1 aromatic rings. The van der Waals surface area contributed by atoms with Crippen LogP contribution in [0.15, 0.2) is 24.3 Å². The molecule has 3 atom stereocenters. The molecular formula is C30H45NO8S. The van der Waals surface area contributed by atoms with E-state index in [1.165, 1.54) is 0 Å². The molecule has 0 spiro atoms. The second-order valence-corrected chi connectivity index (χ2v) is 14.3. The monoisotopic (exact) mass is 579 g/mol. The highest BCUT2D eigenvalue weighted by Gasteiger charge is 2.65. The lowest BCUT2D eigenvalue weighted by Crippen LogP contribution is -2.50. The Balaban J connectivity index is 1.65. The van der Waals surface area contributed by atoms with Crippen LogP contribution in [0.4, 0.5) is 0 Å². The molecule has 2 aliphatic carbocycles. The molecule has 3 rings (SSSR count). The van der Waals surface area contributed by atoms with Crippen molar-refractivity contribution in [2.24, 2.45) is 16.7 Å². The first kappa shape index (κ1) is 32.1. The fraction of sp³-hybridized carbons (Fsp3) is 0.700. The minimum atomic E-state index is -4.00. The maximum Gasteiger partial charge on any atom is 0.325 e. The molecule has 224 valence electrons. The van der Waals surface area contributed by atoms with Gasteiger partial charge in [0.25, 0.3) is 0 Å². The van der Waals surface area contributed by atoms with Gasteiger partial charge in [-0.25, -0.2) is 13.1 Å². The summed E-state index contributed by atoms with van der Waals surface area (Å²) in [4.78, 5) is 37.5. The Labute approximate surface area is 238 Å². The summed E-state index contributed by atoms with van der Waals surface area (Å²) < 4.78 is 45.7. The summed E-state index contributed by atoms with van der Waals surface area (Å²) in [5, 5.41) is 0. The summed E-state index contributed by atoms with van der Waals surface area (Å²) >= 11 is 0. The number of ether oxygens (including phenoxy) is 3. The highest BCUT2D eigenvalue weighted by atomic mass is 32.2. The van der Waals surface area contributed by atoms with Crippen molar-refractivity contribution in [1.82, 2.24) is 4.72 Å². The van der Waals surface area contributed by atoms with Crippen LogP contribution in [0, 0.1) is 16.7 Å². The molecule has 40 heavy (non-hydrogen) atoms. The van der Waals surface area contributed by atoms with E-state index >= 15 is 0 Å². The Bertz CT molecular complexity index is 1170. The third-order valence-corrected chi connectivity index (χ3v) is 9.82. The van der Waals surface area contributed by atoms with Gasteiger partial charge in [0.2, 0.25) is 10.0 Å². The highest BCUT2D eigenvalue weighted by molar-refractivity contribution is 7.89. The lowest BCUT2D eigenvalue weighted by Gasteiger charge is -2.36. The second kappa shape index (κ2) is 12.6. The third kappa shape index (κ3) is 7.84. The van der Waals surface area contributed by atoms with Gasteiger partial charge in [-0.05, 0) is 88.8 Å². The van der Waals surface area contributed by atoms with Crippen LogP contribution in [0.3, 0.4) is 0 Å². The minimum Gasteiger partial charge on any atom is -0.494 e. The van der Waals surface area contributed by atoms with Gasteiger partial charge in [0, 0.05) is 18.3 Å². The van der Waals surface area contributed by atoms with Gasteiger partial charge in [0.1, 0.15) is 23.2 Å². The molecule has 0 radical (unpaired) electrons. The zero-order valence-electron chi connectivity index (χ0n) is 24.7. The number of sulfonamides is 1. The molecule has 0 amide bonds. The van der Waals surface area contributed by atoms with Gasteiger partial charge >= 0.3 is 11.9 Å². The van der Waals surface area contributed by atoms with E-state index in [0.29, 0.717) is 51.1 Å². The molecule has 2 fully saturated rings. The van der Waals surface area contributed by atoms with Crippen molar-refractivity contribution >= 4 is 27.7 Å². The van der Waals surface area contributed by atoms with E-state index in [-0.39, 0.29) is 29.8 Å².